The summed E-state index contributed by atoms with van der Waals surface area (Å²) in [5.74, 6) is -2.53. The smallest absolute Gasteiger partial charge is 0.307 e. The lowest BCUT2D eigenvalue weighted by atomic mass is 10.1. The molecule has 2 N–H and O–H groups in total. The van der Waals surface area contributed by atoms with Crippen molar-refractivity contribution >= 4 is 17.8 Å². The maximum atomic E-state index is 12.0. The largest absolute Gasteiger partial charge is 0.481 e. The summed E-state index contributed by atoms with van der Waals surface area (Å²) < 4.78 is 0. The predicted molar refractivity (Wildman–Crippen MR) is 71.8 cm³/mol. The Kier molecular flexibility index (Phi) is 4.01. The number of carboxylic acid groups (broad SMARTS) is 1. The molecule has 20 heavy (non-hydrogen) atoms. The maximum Gasteiger partial charge on any atom is 0.307 e. The summed E-state index contributed by atoms with van der Waals surface area (Å²) in [4.78, 5) is 36.7. The average Bonchev–Trinajstić information content (AvgIpc) is 3.00. The zero-order valence-corrected chi connectivity index (χ0v) is 12.0. The fraction of sp³-hybridized carbons (Fsp3) is 0.786. The fourth-order valence-corrected chi connectivity index (χ4v) is 3.12. The molecule has 1 heterocycles. The fourth-order valence-electron chi connectivity index (χ4n) is 3.12. The molecule has 6 heteroatoms. The van der Waals surface area contributed by atoms with Gasteiger partial charge in [0.1, 0.15) is 0 Å². The molecule has 0 bridgehead atoms. The number of piperidine rings is 1. The van der Waals surface area contributed by atoms with E-state index in [0.717, 1.165) is 32.4 Å². The molecule has 2 atom stereocenters. The molecule has 0 aromatic heterocycles. The quantitative estimate of drug-likeness (QED) is 0.785. The first-order chi connectivity index (χ1) is 9.35. The number of carbonyl (C=O) groups excluding carboxylic acids is 2. The summed E-state index contributed by atoms with van der Waals surface area (Å²) >= 11 is 0. The highest BCUT2D eigenvalue weighted by Gasteiger charge is 2.65. The summed E-state index contributed by atoms with van der Waals surface area (Å²) in [5, 5.41) is 11.6. The van der Waals surface area contributed by atoms with Crippen molar-refractivity contribution in [3.63, 3.8) is 0 Å². The van der Waals surface area contributed by atoms with E-state index in [1.54, 1.807) is 18.7 Å². The van der Waals surface area contributed by atoms with Crippen molar-refractivity contribution in [2.75, 3.05) is 19.6 Å². The molecule has 0 spiro atoms. The van der Waals surface area contributed by atoms with Gasteiger partial charge in [0.15, 0.2) is 0 Å². The lowest BCUT2D eigenvalue weighted by Gasteiger charge is -2.26. The third kappa shape index (κ3) is 2.78. The minimum atomic E-state index is -0.947. The lowest BCUT2D eigenvalue weighted by Crippen LogP contribution is -2.43. The second kappa shape index (κ2) is 5.42. The van der Waals surface area contributed by atoms with E-state index >= 15 is 0 Å². The Bertz CT molecular complexity index is 427. The molecule has 1 saturated heterocycles. The number of nitrogens with one attached hydrogen (secondary N) is 1. The standard InChI is InChI=1S/C14H22N2O4/c1-14(2)10(11(14)13(19)20)12(18)15-8-9(17)16-6-4-3-5-7-16/h10-11H,3-8H2,1-2H3,(H,15,18)(H,19,20). The maximum absolute atomic E-state index is 12.0. The summed E-state index contributed by atoms with van der Waals surface area (Å²) in [7, 11) is 0. The van der Waals surface area contributed by atoms with Crippen molar-refractivity contribution in [3.8, 4) is 0 Å². The molecule has 1 aliphatic carbocycles. The second-order valence-corrected chi connectivity index (χ2v) is 6.27. The molecule has 1 saturated carbocycles. The first-order valence-corrected chi connectivity index (χ1v) is 7.14. The number of amides is 2. The topological polar surface area (TPSA) is 86.7 Å². The Labute approximate surface area is 118 Å². The van der Waals surface area contributed by atoms with Crippen molar-refractivity contribution < 1.29 is 19.5 Å². The molecule has 112 valence electrons. The Morgan fingerprint density at radius 1 is 1.15 bits per heavy atom. The number of rotatable bonds is 4. The van der Waals surface area contributed by atoms with Crippen LogP contribution in [0.15, 0.2) is 0 Å². The highest BCUT2D eigenvalue weighted by atomic mass is 16.4. The zero-order valence-electron chi connectivity index (χ0n) is 12.0. The van der Waals surface area contributed by atoms with Crippen LogP contribution in [0.1, 0.15) is 33.1 Å². The van der Waals surface area contributed by atoms with Crippen LogP contribution in [0.2, 0.25) is 0 Å². The molecule has 2 fully saturated rings. The molecule has 2 amide bonds. The first-order valence-electron chi connectivity index (χ1n) is 7.14. The van der Waals surface area contributed by atoms with Crippen molar-refractivity contribution in [1.82, 2.24) is 10.2 Å². The van der Waals surface area contributed by atoms with Crippen molar-refractivity contribution in [2.45, 2.75) is 33.1 Å². The van der Waals surface area contributed by atoms with E-state index in [1.807, 2.05) is 0 Å². The monoisotopic (exact) mass is 282 g/mol. The van der Waals surface area contributed by atoms with E-state index in [4.69, 9.17) is 5.11 Å². The number of carbonyl (C=O) groups is 3. The third-order valence-corrected chi connectivity index (χ3v) is 4.50. The molecule has 0 aromatic rings. The molecule has 0 radical (unpaired) electrons. The van der Waals surface area contributed by atoms with Crippen LogP contribution in [0.25, 0.3) is 0 Å². The van der Waals surface area contributed by atoms with E-state index < -0.39 is 23.2 Å². The van der Waals surface area contributed by atoms with Gasteiger partial charge in [0, 0.05) is 13.1 Å². The molecular formula is C14H22N2O4. The molecule has 6 nitrogen and oxygen atoms in total. The molecule has 2 unspecified atom stereocenters. The SMILES string of the molecule is CC1(C)C(C(=O)O)C1C(=O)NCC(=O)N1CCCCC1. The Morgan fingerprint density at radius 3 is 2.25 bits per heavy atom. The number of hydrogen-bond donors (Lipinski definition) is 2. The second-order valence-electron chi connectivity index (χ2n) is 6.27. The van der Waals surface area contributed by atoms with Crippen molar-refractivity contribution in [3.05, 3.63) is 0 Å². The van der Waals surface area contributed by atoms with Gasteiger partial charge in [-0.05, 0) is 24.7 Å². The number of nitrogens with zero attached hydrogens (tertiary/aromatic N) is 1. The average molecular weight is 282 g/mol. The van der Waals surface area contributed by atoms with Crippen LogP contribution < -0.4 is 5.32 Å². The van der Waals surface area contributed by atoms with Gasteiger partial charge in [-0.3, -0.25) is 14.4 Å². The van der Waals surface area contributed by atoms with E-state index in [9.17, 15) is 14.4 Å². The van der Waals surface area contributed by atoms with Crippen LogP contribution in [0.4, 0.5) is 0 Å². The Morgan fingerprint density at radius 2 is 1.75 bits per heavy atom. The third-order valence-electron chi connectivity index (χ3n) is 4.50. The number of aliphatic carboxylic acids is 1. The zero-order chi connectivity index (χ0) is 14.9. The molecular weight excluding hydrogens is 260 g/mol. The molecule has 2 rings (SSSR count). The molecule has 0 aromatic carbocycles. The van der Waals surface area contributed by atoms with Gasteiger partial charge in [0.25, 0.3) is 0 Å². The lowest BCUT2D eigenvalue weighted by molar-refractivity contribution is -0.140. The van der Waals surface area contributed by atoms with Gasteiger partial charge in [0.2, 0.25) is 11.8 Å². The van der Waals surface area contributed by atoms with Gasteiger partial charge in [-0.25, -0.2) is 0 Å². The highest BCUT2D eigenvalue weighted by Crippen LogP contribution is 2.58. The first kappa shape index (κ1) is 14.8. The van der Waals surface area contributed by atoms with Crippen molar-refractivity contribution in [1.29, 1.82) is 0 Å². The van der Waals surface area contributed by atoms with Gasteiger partial charge >= 0.3 is 5.97 Å². The number of likely N-dealkylation sites (tertiary alicyclic amines) is 1. The van der Waals surface area contributed by atoms with Crippen LogP contribution in [0.5, 0.6) is 0 Å². The van der Waals surface area contributed by atoms with Gasteiger partial charge in [-0.15, -0.1) is 0 Å². The Hall–Kier alpha value is -1.59. The summed E-state index contributed by atoms with van der Waals surface area (Å²) in [6.45, 7) is 5.01. The van der Waals surface area contributed by atoms with Crippen LogP contribution in [0, 0.1) is 17.3 Å². The van der Waals surface area contributed by atoms with E-state index in [2.05, 4.69) is 5.32 Å². The Balaban J connectivity index is 1.81. The van der Waals surface area contributed by atoms with Crippen molar-refractivity contribution in [2.24, 2.45) is 17.3 Å². The van der Waals surface area contributed by atoms with E-state index in [-0.39, 0.29) is 18.4 Å². The van der Waals surface area contributed by atoms with Gasteiger partial charge in [-0.1, -0.05) is 13.8 Å². The summed E-state index contributed by atoms with van der Waals surface area (Å²) in [6.07, 6.45) is 3.17. The van der Waals surface area contributed by atoms with Gasteiger partial charge in [-0.2, -0.15) is 0 Å². The molecule has 1 aliphatic heterocycles. The van der Waals surface area contributed by atoms with E-state index in [0.29, 0.717) is 0 Å². The van der Waals surface area contributed by atoms with Gasteiger partial charge < -0.3 is 15.3 Å². The van der Waals surface area contributed by atoms with Gasteiger partial charge in [0.05, 0.1) is 18.4 Å². The summed E-state index contributed by atoms with van der Waals surface area (Å²) in [6, 6.07) is 0. The summed E-state index contributed by atoms with van der Waals surface area (Å²) in [5.41, 5.74) is -0.524. The van der Waals surface area contributed by atoms with Crippen LogP contribution >= 0.6 is 0 Å². The molecule has 2 aliphatic rings. The predicted octanol–water partition coefficient (Wildman–Crippen LogP) is 0.472. The minimum absolute atomic E-state index is 0.0300. The van der Waals surface area contributed by atoms with Crippen LogP contribution in [-0.2, 0) is 14.4 Å². The number of hydrogen-bond acceptors (Lipinski definition) is 3. The van der Waals surface area contributed by atoms with E-state index in [1.165, 1.54) is 0 Å². The highest BCUT2D eigenvalue weighted by molar-refractivity contribution is 5.93. The van der Waals surface area contributed by atoms with Crippen LogP contribution in [0.3, 0.4) is 0 Å². The van der Waals surface area contributed by atoms with Crippen LogP contribution in [-0.4, -0.2) is 47.4 Å². The normalized spacial score (nSPS) is 27.8. The minimum Gasteiger partial charge on any atom is -0.481 e. The number of carboxylic acids is 1.